The maximum absolute atomic E-state index is 6.05. The SMILES string of the molecule is COc1ccc(Nc2nccc(NCc3ccc4cn[nH]c4c3)n2)cc1OCCCN1CCCC1. The predicted molar refractivity (Wildman–Crippen MR) is 138 cm³/mol. The standard InChI is InChI=1S/C26H31N7O2/c1-34-23-8-7-21(16-24(23)35-14-4-13-33-11-2-3-12-33)30-26-27-10-9-25(31-26)28-17-19-5-6-20-18-29-32-22(20)15-19/h5-10,15-16,18H,2-4,11-14,17H2,1H3,(H,29,32)(H2,27,28,30,31). The second kappa shape index (κ2) is 11.1. The molecule has 35 heavy (non-hydrogen) atoms. The van der Waals surface area contributed by atoms with Gasteiger partial charge in [-0.2, -0.15) is 10.1 Å². The van der Waals surface area contributed by atoms with E-state index in [-0.39, 0.29) is 0 Å². The maximum Gasteiger partial charge on any atom is 0.229 e. The van der Waals surface area contributed by atoms with Crippen molar-refractivity contribution in [3.63, 3.8) is 0 Å². The van der Waals surface area contributed by atoms with Crippen molar-refractivity contribution in [1.29, 1.82) is 0 Å². The van der Waals surface area contributed by atoms with Crippen molar-refractivity contribution < 1.29 is 9.47 Å². The number of nitrogens with zero attached hydrogens (tertiary/aromatic N) is 4. The lowest BCUT2D eigenvalue weighted by Gasteiger charge is -2.16. The zero-order chi connectivity index (χ0) is 23.9. The maximum atomic E-state index is 6.05. The molecule has 0 saturated carbocycles. The average molecular weight is 474 g/mol. The van der Waals surface area contributed by atoms with Crippen molar-refractivity contribution >= 4 is 28.4 Å². The first kappa shape index (κ1) is 22.9. The smallest absolute Gasteiger partial charge is 0.229 e. The number of ether oxygens (including phenoxy) is 2. The van der Waals surface area contributed by atoms with Crippen LogP contribution < -0.4 is 20.1 Å². The first-order chi connectivity index (χ1) is 17.3. The molecule has 3 heterocycles. The fraction of sp³-hybridized carbons (Fsp3) is 0.346. The number of fused-ring (bicyclic) bond motifs is 1. The fourth-order valence-corrected chi connectivity index (χ4v) is 4.28. The Balaban J connectivity index is 1.18. The molecule has 5 rings (SSSR count). The summed E-state index contributed by atoms with van der Waals surface area (Å²) in [6.07, 6.45) is 7.16. The molecule has 2 aromatic heterocycles. The van der Waals surface area contributed by atoms with Crippen LogP contribution >= 0.6 is 0 Å². The number of hydrogen-bond donors (Lipinski definition) is 3. The number of rotatable bonds is 11. The summed E-state index contributed by atoms with van der Waals surface area (Å²) in [6, 6.07) is 13.8. The second-order valence-corrected chi connectivity index (χ2v) is 8.65. The Bertz CT molecular complexity index is 1250. The van der Waals surface area contributed by atoms with Gasteiger partial charge in [-0.25, -0.2) is 4.98 Å². The summed E-state index contributed by atoms with van der Waals surface area (Å²) in [5, 5.41) is 14.8. The van der Waals surface area contributed by atoms with Crippen LogP contribution in [0.5, 0.6) is 11.5 Å². The molecule has 1 saturated heterocycles. The molecule has 0 amide bonds. The summed E-state index contributed by atoms with van der Waals surface area (Å²) >= 11 is 0. The van der Waals surface area contributed by atoms with Crippen molar-refractivity contribution in [2.75, 3.05) is 44.0 Å². The van der Waals surface area contributed by atoms with Gasteiger partial charge in [-0.3, -0.25) is 5.10 Å². The molecule has 1 fully saturated rings. The highest BCUT2D eigenvalue weighted by Crippen LogP contribution is 2.31. The first-order valence-corrected chi connectivity index (χ1v) is 12.1. The Morgan fingerprint density at radius 2 is 1.97 bits per heavy atom. The molecule has 1 aliphatic rings. The number of likely N-dealkylation sites (tertiary alicyclic amines) is 1. The second-order valence-electron chi connectivity index (χ2n) is 8.65. The summed E-state index contributed by atoms with van der Waals surface area (Å²) in [4.78, 5) is 11.5. The Hall–Kier alpha value is -3.85. The van der Waals surface area contributed by atoms with Crippen LogP contribution in [0.2, 0.25) is 0 Å². The Morgan fingerprint density at radius 3 is 2.86 bits per heavy atom. The largest absolute Gasteiger partial charge is 0.493 e. The number of anilines is 3. The van der Waals surface area contributed by atoms with Gasteiger partial charge in [0.05, 0.1) is 25.4 Å². The molecule has 9 heteroatoms. The molecule has 1 aliphatic heterocycles. The molecule has 3 N–H and O–H groups in total. The van der Waals surface area contributed by atoms with Gasteiger partial charge < -0.3 is 25.0 Å². The van der Waals surface area contributed by atoms with Gasteiger partial charge >= 0.3 is 0 Å². The first-order valence-electron chi connectivity index (χ1n) is 12.1. The Morgan fingerprint density at radius 1 is 1.06 bits per heavy atom. The molecule has 0 unspecified atom stereocenters. The van der Waals surface area contributed by atoms with Gasteiger partial charge in [-0.05, 0) is 62.2 Å². The minimum absolute atomic E-state index is 0.504. The summed E-state index contributed by atoms with van der Waals surface area (Å²) in [5.41, 5.74) is 2.99. The van der Waals surface area contributed by atoms with E-state index < -0.39 is 0 Å². The molecule has 4 aromatic rings. The van der Waals surface area contributed by atoms with Crippen molar-refractivity contribution in [3.8, 4) is 11.5 Å². The number of aromatic nitrogens is 4. The van der Waals surface area contributed by atoms with Gasteiger partial charge in [-0.1, -0.05) is 12.1 Å². The van der Waals surface area contributed by atoms with Crippen LogP contribution in [0, 0.1) is 0 Å². The molecule has 0 atom stereocenters. The molecule has 0 bridgehead atoms. The topological polar surface area (TPSA) is 100 Å². The van der Waals surface area contributed by atoms with E-state index in [1.165, 1.54) is 25.9 Å². The third-order valence-electron chi connectivity index (χ3n) is 6.13. The van der Waals surface area contributed by atoms with Crippen LogP contribution in [-0.2, 0) is 6.54 Å². The van der Waals surface area contributed by atoms with Crippen molar-refractivity contribution in [3.05, 3.63) is 60.4 Å². The minimum atomic E-state index is 0.504. The Kier molecular flexibility index (Phi) is 7.24. The third kappa shape index (κ3) is 5.99. The highest BCUT2D eigenvalue weighted by Gasteiger charge is 2.12. The number of hydrogen-bond acceptors (Lipinski definition) is 8. The van der Waals surface area contributed by atoms with Crippen LogP contribution in [0.1, 0.15) is 24.8 Å². The van der Waals surface area contributed by atoms with Crippen LogP contribution in [0.3, 0.4) is 0 Å². The molecule has 0 radical (unpaired) electrons. The Labute approximate surface area is 204 Å². The predicted octanol–water partition coefficient (Wildman–Crippen LogP) is 4.58. The van der Waals surface area contributed by atoms with Crippen LogP contribution in [0.15, 0.2) is 54.9 Å². The van der Waals surface area contributed by atoms with Gasteiger partial charge in [0.1, 0.15) is 5.82 Å². The molecular formula is C26H31N7O2. The average Bonchev–Trinajstić information content (AvgIpc) is 3.58. The number of methoxy groups -OCH3 is 1. The molecule has 182 valence electrons. The molecule has 9 nitrogen and oxygen atoms in total. The van der Waals surface area contributed by atoms with Crippen molar-refractivity contribution in [1.82, 2.24) is 25.1 Å². The molecule has 0 aliphatic carbocycles. The van der Waals surface area contributed by atoms with E-state index in [9.17, 15) is 0 Å². The lowest BCUT2D eigenvalue weighted by molar-refractivity contribution is 0.254. The number of nitrogens with one attached hydrogen (secondary N) is 3. The molecule has 0 spiro atoms. The highest BCUT2D eigenvalue weighted by atomic mass is 16.5. The van der Waals surface area contributed by atoms with E-state index >= 15 is 0 Å². The van der Waals surface area contributed by atoms with Crippen LogP contribution in [0.25, 0.3) is 10.9 Å². The van der Waals surface area contributed by atoms with Crippen molar-refractivity contribution in [2.24, 2.45) is 0 Å². The summed E-state index contributed by atoms with van der Waals surface area (Å²) in [5.74, 6) is 2.66. The zero-order valence-electron chi connectivity index (χ0n) is 20.0. The zero-order valence-corrected chi connectivity index (χ0v) is 20.0. The third-order valence-corrected chi connectivity index (χ3v) is 6.13. The summed E-state index contributed by atoms with van der Waals surface area (Å²) < 4.78 is 11.5. The number of aromatic amines is 1. The van der Waals surface area contributed by atoms with E-state index in [0.29, 0.717) is 30.6 Å². The van der Waals surface area contributed by atoms with Gasteiger partial charge in [0.2, 0.25) is 5.95 Å². The summed E-state index contributed by atoms with van der Waals surface area (Å²) in [7, 11) is 1.65. The monoisotopic (exact) mass is 473 g/mol. The van der Waals surface area contributed by atoms with Gasteiger partial charge in [0.25, 0.3) is 0 Å². The highest BCUT2D eigenvalue weighted by molar-refractivity contribution is 5.78. The lowest BCUT2D eigenvalue weighted by Crippen LogP contribution is -2.21. The van der Waals surface area contributed by atoms with E-state index in [1.54, 1.807) is 13.3 Å². The molecule has 2 aromatic carbocycles. The van der Waals surface area contributed by atoms with E-state index in [0.717, 1.165) is 40.9 Å². The quantitative estimate of drug-likeness (QED) is 0.272. The van der Waals surface area contributed by atoms with Crippen molar-refractivity contribution in [2.45, 2.75) is 25.8 Å². The van der Waals surface area contributed by atoms with Gasteiger partial charge in [-0.15, -0.1) is 0 Å². The molecular weight excluding hydrogens is 442 g/mol. The minimum Gasteiger partial charge on any atom is -0.493 e. The lowest BCUT2D eigenvalue weighted by atomic mass is 10.1. The van der Waals surface area contributed by atoms with Crippen LogP contribution in [-0.4, -0.2) is 58.4 Å². The van der Waals surface area contributed by atoms with E-state index in [4.69, 9.17) is 9.47 Å². The summed E-state index contributed by atoms with van der Waals surface area (Å²) in [6.45, 7) is 4.77. The van der Waals surface area contributed by atoms with E-state index in [2.05, 4.69) is 53.9 Å². The van der Waals surface area contributed by atoms with Crippen LogP contribution in [0.4, 0.5) is 17.5 Å². The van der Waals surface area contributed by atoms with E-state index in [1.807, 2.05) is 30.5 Å². The van der Waals surface area contributed by atoms with Gasteiger partial charge in [0.15, 0.2) is 11.5 Å². The normalized spacial score (nSPS) is 13.7. The fourth-order valence-electron chi connectivity index (χ4n) is 4.28. The number of benzene rings is 2. The number of H-pyrrole nitrogens is 1. The van der Waals surface area contributed by atoms with Gasteiger partial charge in [0, 0.05) is 36.4 Å².